The Balaban J connectivity index is 2.20. The van der Waals surface area contributed by atoms with Gasteiger partial charge in [0.25, 0.3) is 0 Å². The number of hydrogen-bond donors (Lipinski definition) is 1. The number of pyridine rings is 1. The number of aromatic nitrogens is 1. The van der Waals surface area contributed by atoms with Gasteiger partial charge in [-0.05, 0) is 18.6 Å². The quantitative estimate of drug-likeness (QED) is 0.904. The highest BCUT2D eigenvalue weighted by molar-refractivity contribution is 7.84. The number of anilines is 1. The van der Waals surface area contributed by atoms with Crippen LogP contribution in [0.5, 0.6) is 0 Å². The number of rotatable bonds is 3. The summed E-state index contributed by atoms with van der Waals surface area (Å²) in [6, 6.07) is 9.71. The van der Waals surface area contributed by atoms with E-state index in [2.05, 4.69) is 4.98 Å². The minimum absolute atomic E-state index is 0.482. The number of nitrogen functional groups attached to an aromatic ring is 1. The minimum Gasteiger partial charge on any atom is -0.396 e. The number of nitrogens with zero attached hydrogens (tertiary/aromatic N) is 1. The molecule has 0 aliphatic carbocycles. The Hall–Kier alpha value is -1.68. The normalized spacial score (nSPS) is 12.3. The molecular weight excluding hydrogens is 232 g/mol. The Kier molecular flexibility index (Phi) is 3.54. The molecule has 1 heterocycles. The summed E-state index contributed by atoms with van der Waals surface area (Å²) < 4.78 is 12.1. The molecule has 1 aromatic heterocycles. The van der Waals surface area contributed by atoms with Crippen LogP contribution in [0.2, 0.25) is 0 Å². The molecule has 0 radical (unpaired) electrons. The van der Waals surface area contributed by atoms with Crippen molar-refractivity contribution in [2.24, 2.45) is 0 Å². The SMILES string of the molecule is Cc1cccc(CS(=O)c2ccncc2N)c1. The highest BCUT2D eigenvalue weighted by atomic mass is 32.2. The van der Waals surface area contributed by atoms with E-state index in [1.165, 1.54) is 11.8 Å². The van der Waals surface area contributed by atoms with Crippen molar-refractivity contribution < 1.29 is 4.21 Å². The van der Waals surface area contributed by atoms with Gasteiger partial charge in [0.2, 0.25) is 0 Å². The fourth-order valence-corrected chi connectivity index (χ4v) is 2.80. The zero-order valence-electron chi connectivity index (χ0n) is 9.59. The minimum atomic E-state index is -1.12. The van der Waals surface area contributed by atoms with Gasteiger partial charge in [-0.1, -0.05) is 29.8 Å². The average Bonchev–Trinajstić information content (AvgIpc) is 2.29. The van der Waals surface area contributed by atoms with Crippen LogP contribution in [-0.4, -0.2) is 9.19 Å². The van der Waals surface area contributed by atoms with Crippen LogP contribution in [0.25, 0.3) is 0 Å². The predicted octanol–water partition coefficient (Wildman–Crippen LogP) is 2.28. The molecule has 0 fully saturated rings. The summed E-state index contributed by atoms with van der Waals surface area (Å²) >= 11 is 0. The maximum absolute atomic E-state index is 12.1. The van der Waals surface area contributed by atoms with Gasteiger partial charge in [-0.25, -0.2) is 0 Å². The molecule has 3 nitrogen and oxygen atoms in total. The molecule has 88 valence electrons. The largest absolute Gasteiger partial charge is 0.396 e. The first-order chi connectivity index (χ1) is 8.16. The van der Waals surface area contributed by atoms with Crippen LogP contribution >= 0.6 is 0 Å². The summed E-state index contributed by atoms with van der Waals surface area (Å²) in [6.07, 6.45) is 3.14. The van der Waals surface area contributed by atoms with Crippen molar-refractivity contribution in [2.45, 2.75) is 17.6 Å². The summed E-state index contributed by atoms with van der Waals surface area (Å²) in [5.74, 6) is 0.482. The van der Waals surface area contributed by atoms with E-state index >= 15 is 0 Å². The van der Waals surface area contributed by atoms with Crippen molar-refractivity contribution in [1.29, 1.82) is 0 Å². The molecule has 1 aromatic carbocycles. The van der Waals surface area contributed by atoms with Crippen LogP contribution < -0.4 is 5.73 Å². The maximum atomic E-state index is 12.1. The van der Waals surface area contributed by atoms with Crippen LogP contribution in [0.3, 0.4) is 0 Å². The van der Waals surface area contributed by atoms with Crippen molar-refractivity contribution in [3.63, 3.8) is 0 Å². The maximum Gasteiger partial charge on any atom is 0.0664 e. The fourth-order valence-electron chi connectivity index (χ4n) is 1.63. The predicted molar refractivity (Wildman–Crippen MR) is 69.9 cm³/mol. The van der Waals surface area contributed by atoms with Crippen molar-refractivity contribution in [3.05, 3.63) is 53.9 Å². The first-order valence-electron chi connectivity index (χ1n) is 5.30. The van der Waals surface area contributed by atoms with Crippen LogP contribution in [-0.2, 0) is 16.6 Å². The van der Waals surface area contributed by atoms with Crippen LogP contribution in [0.4, 0.5) is 5.69 Å². The first kappa shape index (κ1) is 11.8. The second-order valence-electron chi connectivity index (χ2n) is 3.89. The second-order valence-corrected chi connectivity index (χ2v) is 5.31. The summed E-state index contributed by atoms with van der Waals surface area (Å²) in [5, 5.41) is 0. The molecular formula is C13H14N2OS. The molecule has 0 aliphatic rings. The molecule has 2 N–H and O–H groups in total. The third-order valence-electron chi connectivity index (χ3n) is 2.44. The molecule has 0 bridgehead atoms. The Bertz CT molecular complexity index is 555. The van der Waals surface area contributed by atoms with Gasteiger partial charge in [0, 0.05) is 6.20 Å². The highest BCUT2D eigenvalue weighted by Gasteiger charge is 2.08. The van der Waals surface area contributed by atoms with Gasteiger partial charge in [0.1, 0.15) is 0 Å². The lowest BCUT2D eigenvalue weighted by Gasteiger charge is -2.05. The van der Waals surface area contributed by atoms with Crippen LogP contribution in [0, 0.1) is 6.92 Å². The monoisotopic (exact) mass is 246 g/mol. The summed E-state index contributed by atoms with van der Waals surface area (Å²) in [6.45, 7) is 2.02. The Morgan fingerprint density at radius 3 is 2.88 bits per heavy atom. The second kappa shape index (κ2) is 5.10. The van der Waals surface area contributed by atoms with Gasteiger partial charge >= 0.3 is 0 Å². The van der Waals surface area contributed by atoms with Gasteiger partial charge in [0.15, 0.2) is 0 Å². The topological polar surface area (TPSA) is 56.0 Å². The van der Waals surface area contributed by atoms with E-state index in [1.54, 1.807) is 12.3 Å². The number of nitrogens with two attached hydrogens (primary N) is 1. The molecule has 0 amide bonds. The van der Waals surface area contributed by atoms with Gasteiger partial charge in [-0.3, -0.25) is 9.19 Å². The van der Waals surface area contributed by atoms with E-state index in [9.17, 15) is 4.21 Å². The molecule has 0 saturated heterocycles. The van der Waals surface area contributed by atoms with E-state index in [0.717, 1.165) is 5.56 Å². The smallest absolute Gasteiger partial charge is 0.0664 e. The summed E-state index contributed by atoms with van der Waals surface area (Å²) in [5.41, 5.74) is 8.46. The van der Waals surface area contributed by atoms with E-state index in [0.29, 0.717) is 16.3 Å². The zero-order valence-corrected chi connectivity index (χ0v) is 10.4. The van der Waals surface area contributed by atoms with Crippen molar-refractivity contribution >= 4 is 16.5 Å². The Morgan fingerprint density at radius 1 is 1.35 bits per heavy atom. The van der Waals surface area contributed by atoms with Gasteiger partial charge < -0.3 is 5.73 Å². The highest BCUT2D eigenvalue weighted by Crippen LogP contribution is 2.18. The van der Waals surface area contributed by atoms with Gasteiger partial charge in [-0.15, -0.1) is 0 Å². The number of hydrogen-bond acceptors (Lipinski definition) is 3. The lowest BCUT2D eigenvalue weighted by Crippen LogP contribution is -2.01. The summed E-state index contributed by atoms with van der Waals surface area (Å²) in [7, 11) is -1.12. The lowest BCUT2D eigenvalue weighted by molar-refractivity contribution is 0.683. The van der Waals surface area contributed by atoms with Crippen molar-refractivity contribution in [2.75, 3.05) is 5.73 Å². The molecule has 2 aromatic rings. The molecule has 2 rings (SSSR count). The molecule has 0 aliphatic heterocycles. The Labute approximate surface area is 103 Å². The number of benzene rings is 1. The third-order valence-corrected chi connectivity index (χ3v) is 3.89. The summed E-state index contributed by atoms with van der Waals surface area (Å²) in [4.78, 5) is 4.54. The fraction of sp³-hybridized carbons (Fsp3) is 0.154. The molecule has 0 saturated carbocycles. The average molecular weight is 246 g/mol. The zero-order chi connectivity index (χ0) is 12.3. The molecule has 17 heavy (non-hydrogen) atoms. The van der Waals surface area contributed by atoms with Crippen molar-refractivity contribution in [3.8, 4) is 0 Å². The molecule has 1 unspecified atom stereocenters. The lowest BCUT2D eigenvalue weighted by atomic mass is 10.2. The van der Waals surface area contributed by atoms with E-state index in [1.807, 2.05) is 31.2 Å². The van der Waals surface area contributed by atoms with Gasteiger partial charge in [0.05, 0.1) is 33.3 Å². The molecule has 0 spiro atoms. The van der Waals surface area contributed by atoms with Crippen LogP contribution in [0.1, 0.15) is 11.1 Å². The van der Waals surface area contributed by atoms with E-state index < -0.39 is 10.8 Å². The standard InChI is InChI=1S/C13H14N2OS/c1-10-3-2-4-11(7-10)9-17(16)13-5-6-15-8-12(13)14/h2-8H,9,14H2,1H3. The Morgan fingerprint density at radius 2 is 2.18 bits per heavy atom. The van der Waals surface area contributed by atoms with E-state index in [-0.39, 0.29) is 0 Å². The van der Waals surface area contributed by atoms with Crippen LogP contribution in [0.15, 0.2) is 47.6 Å². The first-order valence-corrected chi connectivity index (χ1v) is 6.62. The third kappa shape index (κ3) is 2.91. The van der Waals surface area contributed by atoms with Crippen molar-refractivity contribution in [1.82, 2.24) is 4.98 Å². The van der Waals surface area contributed by atoms with E-state index in [4.69, 9.17) is 5.73 Å². The molecule has 1 atom stereocenters. The number of aryl methyl sites for hydroxylation is 1. The van der Waals surface area contributed by atoms with Gasteiger partial charge in [-0.2, -0.15) is 0 Å². The molecule has 4 heteroatoms.